The first-order valence-electron chi connectivity index (χ1n) is 9.68. The lowest BCUT2D eigenvalue weighted by atomic mass is 9.80. The third kappa shape index (κ3) is 3.23. The van der Waals surface area contributed by atoms with Gasteiger partial charge in [-0.25, -0.2) is 0 Å². The van der Waals surface area contributed by atoms with E-state index in [1.807, 2.05) is 0 Å². The fourth-order valence-corrected chi connectivity index (χ4v) is 5.25. The summed E-state index contributed by atoms with van der Waals surface area (Å²) in [5.41, 5.74) is 3.07. The van der Waals surface area contributed by atoms with Crippen LogP contribution in [-0.4, -0.2) is 41.9 Å². The van der Waals surface area contributed by atoms with Crippen LogP contribution in [0, 0.1) is 11.3 Å². The number of amides is 1. The molecule has 2 aliphatic heterocycles. The van der Waals surface area contributed by atoms with E-state index in [1.165, 1.54) is 62.9 Å². The molecule has 4 rings (SSSR count). The van der Waals surface area contributed by atoms with Crippen LogP contribution in [0.1, 0.15) is 50.2 Å². The van der Waals surface area contributed by atoms with Gasteiger partial charge in [-0.05, 0) is 49.3 Å². The Labute approximate surface area is 146 Å². The monoisotopic (exact) mass is 326 g/mol. The van der Waals surface area contributed by atoms with Crippen molar-refractivity contribution < 1.29 is 4.79 Å². The van der Waals surface area contributed by atoms with Crippen molar-refractivity contribution in [1.29, 1.82) is 0 Å². The highest BCUT2D eigenvalue weighted by Crippen LogP contribution is 2.39. The molecule has 130 valence electrons. The van der Waals surface area contributed by atoms with E-state index in [0.29, 0.717) is 0 Å². The number of likely N-dealkylation sites (tertiary alicyclic amines) is 1. The molecule has 2 fully saturated rings. The lowest BCUT2D eigenvalue weighted by Gasteiger charge is -2.33. The third-order valence-electron chi connectivity index (χ3n) is 6.53. The van der Waals surface area contributed by atoms with E-state index in [-0.39, 0.29) is 11.3 Å². The molecule has 1 unspecified atom stereocenters. The summed E-state index contributed by atoms with van der Waals surface area (Å²) < 4.78 is 0. The average molecular weight is 326 g/mol. The van der Waals surface area contributed by atoms with E-state index in [2.05, 4.69) is 34.1 Å². The Morgan fingerprint density at radius 2 is 1.92 bits per heavy atom. The molecule has 24 heavy (non-hydrogen) atoms. The van der Waals surface area contributed by atoms with Gasteiger partial charge in [0.25, 0.3) is 0 Å². The van der Waals surface area contributed by atoms with Crippen molar-refractivity contribution in [2.45, 2.75) is 52.0 Å². The van der Waals surface area contributed by atoms with E-state index in [1.54, 1.807) is 6.92 Å². The quantitative estimate of drug-likeness (QED) is 0.831. The minimum atomic E-state index is 0.223. The van der Waals surface area contributed by atoms with Gasteiger partial charge in [0.2, 0.25) is 5.91 Å². The highest BCUT2D eigenvalue weighted by atomic mass is 16.2. The minimum Gasteiger partial charge on any atom is -0.338 e. The predicted molar refractivity (Wildman–Crippen MR) is 96.7 cm³/mol. The molecular formula is C21H30N2O. The first-order chi connectivity index (χ1) is 11.6. The van der Waals surface area contributed by atoms with Gasteiger partial charge in [-0.2, -0.15) is 0 Å². The van der Waals surface area contributed by atoms with Crippen molar-refractivity contribution in [3.8, 4) is 0 Å². The van der Waals surface area contributed by atoms with Gasteiger partial charge in [0.1, 0.15) is 0 Å². The van der Waals surface area contributed by atoms with E-state index in [0.717, 1.165) is 25.4 Å². The molecule has 1 atom stereocenters. The van der Waals surface area contributed by atoms with Crippen LogP contribution in [0.5, 0.6) is 0 Å². The Balaban J connectivity index is 1.54. The van der Waals surface area contributed by atoms with Crippen molar-refractivity contribution in [2.75, 3.05) is 26.2 Å². The average Bonchev–Trinajstić information content (AvgIpc) is 3.15. The largest absolute Gasteiger partial charge is 0.338 e. The maximum atomic E-state index is 12.2. The summed E-state index contributed by atoms with van der Waals surface area (Å²) in [6.07, 6.45) is 8.06. The lowest BCUT2D eigenvalue weighted by Crippen LogP contribution is -2.41. The summed E-state index contributed by atoms with van der Waals surface area (Å²) in [5, 5.41) is 0. The number of hydrogen-bond donors (Lipinski definition) is 0. The molecule has 0 aromatic heterocycles. The first-order valence-corrected chi connectivity index (χ1v) is 9.68. The number of carbonyl (C=O) groups is 1. The van der Waals surface area contributed by atoms with Crippen LogP contribution in [0.4, 0.5) is 0 Å². The van der Waals surface area contributed by atoms with Crippen LogP contribution in [0.2, 0.25) is 0 Å². The lowest BCUT2D eigenvalue weighted by molar-refractivity contribution is -0.130. The number of hydrogen-bond acceptors (Lipinski definition) is 2. The second kappa shape index (κ2) is 6.51. The van der Waals surface area contributed by atoms with Gasteiger partial charge in [0.15, 0.2) is 0 Å². The molecule has 1 aromatic carbocycles. The maximum Gasteiger partial charge on any atom is 0.219 e. The number of rotatable bonds is 2. The van der Waals surface area contributed by atoms with Crippen LogP contribution in [0.25, 0.3) is 0 Å². The Morgan fingerprint density at radius 3 is 2.67 bits per heavy atom. The van der Waals surface area contributed by atoms with Crippen LogP contribution < -0.4 is 0 Å². The van der Waals surface area contributed by atoms with Gasteiger partial charge in [-0.15, -0.1) is 0 Å². The maximum absolute atomic E-state index is 12.2. The Hall–Kier alpha value is -1.35. The molecule has 1 saturated heterocycles. The summed E-state index contributed by atoms with van der Waals surface area (Å²) in [7, 11) is 0. The van der Waals surface area contributed by atoms with Gasteiger partial charge in [0, 0.05) is 38.5 Å². The second-order valence-corrected chi connectivity index (χ2v) is 8.46. The zero-order valence-electron chi connectivity index (χ0n) is 15.0. The highest BCUT2D eigenvalue weighted by Gasteiger charge is 2.42. The minimum absolute atomic E-state index is 0.223. The molecule has 1 aliphatic carbocycles. The molecule has 1 amide bonds. The smallest absolute Gasteiger partial charge is 0.219 e. The molecule has 3 aliphatic rings. The van der Waals surface area contributed by atoms with Gasteiger partial charge in [-0.1, -0.05) is 37.1 Å². The third-order valence-corrected chi connectivity index (χ3v) is 6.53. The molecule has 0 bridgehead atoms. The van der Waals surface area contributed by atoms with E-state index >= 15 is 0 Å². The molecule has 1 aromatic rings. The van der Waals surface area contributed by atoms with Crippen LogP contribution in [-0.2, 0) is 17.8 Å². The molecule has 0 radical (unpaired) electrons. The zero-order valence-corrected chi connectivity index (χ0v) is 15.0. The summed E-state index contributed by atoms with van der Waals surface area (Å²) in [6, 6.07) is 8.74. The molecule has 3 heteroatoms. The van der Waals surface area contributed by atoms with Gasteiger partial charge in [-0.3, -0.25) is 4.79 Å². The number of carbonyl (C=O) groups excluding carboxylic acids is 1. The fraction of sp³-hybridized carbons (Fsp3) is 0.667. The molecule has 3 nitrogen and oxygen atoms in total. The second-order valence-electron chi connectivity index (χ2n) is 8.46. The summed E-state index contributed by atoms with van der Waals surface area (Å²) in [5.74, 6) is 1.14. The zero-order chi connectivity index (χ0) is 16.6. The van der Waals surface area contributed by atoms with Crippen molar-refractivity contribution in [3.63, 3.8) is 0 Å². The molecule has 1 saturated carbocycles. The fourth-order valence-electron chi connectivity index (χ4n) is 5.25. The summed E-state index contributed by atoms with van der Waals surface area (Å²) >= 11 is 0. The Bertz CT molecular complexity index is 608. The Kier molecular flexibility index (Phi) is 4.38. The van der Waals surface area contributed by atoms with E-state index < -0.39 is 0 Å². The van der Waals surface area contributed by atoms with E-state index in [9.17, 15) is 4.79 Å². The summed E-state index contributed by atoms with van der Waals surface area (Å²) in [6.45, 7) is 7.11. The summed E-state index contributed by atoms with van der Waals surface area (Å²) in [4.78, 5) is 17.0. The predicted octanol–water partition coefficient (Wildman–Crippen LogP) is 3.47. The van der Waals surface area contributed by atoms with Gasteiger partial charge >= 0.3 is 0 Å². The highest BCUT2D eigenvalue weighted by molar-refractivity contribution is 5.73. The van der Waals surface area contributed by atoms with E-state index in [4.69, 9.17) is 0 Å². The number of nitrogens with zero attached hydrogens (tertiary/aromatic N) is 2. The topological polar surface area (TPSA) is 23.6 Å². The SMILES string of the molecule is CC(=O)N1Cc2ccccc2CC2(CCN(CC3CCCC3)C2)C1. The first kappa shape index (κ1) is 16.1. The van der Waals surface area contributed by atoms with Crippen molar-refractivity contribution in [2.24, 2.45) is 11.3 Å². The van der Waals surface area contributed by atoms with Crippen LogP contribution in [0.15, 0.2) is 24.3 Å². The van der Waals surface area contributed by atoms with Crippen molar-refractivity contribution >= 4 is 5.91 Å². The Morgan fingerprint density at radius 1 is 1.17 bits per heavy atom. The standard InChI is InChI=1S/C21H30N2O/c1-17(24)23-14-20-9-5-4-8-19(20)12-21(16-23)10-11-22(15-21)13-18-6-2-3-7-18/h4-5,8-9,18H,2-3,6-7,10-16H2,1H3. The number of benzene rings is 1. The molecule has 1 spiro atoms. The van der Waals surface area contributed by atoms with Gasteiger partial charge in [0.05, 0.1) is 0 Å². The molecule has 2 heterocycles. The van der Waals surface area contributed by atoms with Crippen LogP contribution >= 0.6 is 0 Å². The number of fused-ring (bicyclic) bond motifs is 1. The van der Waals surface area contributed by atoms with Crippen molar-refractivity contribution in [3.05, 3.63) is 35.4 Å². The normalized spacial score (nSPS) is 28.3. The molecular weight excluding hydrogens is 296 g/mol. The van der Waals surface area contributed by atoms with Crippen molar-refractivity contribution in [1.82, 2.24) is 9.80 Å². The van der Waals surface area contributed by atoms with Gasteiger partial charge < -0.3 is 9.80 Å². The van der Waals surface area contributed by atoms with Crippen LogP contribution in [0.3, 0.4) is 0 Å². The molecule has 0 N–H and O–H groups in total.